The summed E-state index contributed by atoms with van der Waals surface area (Å²) in [6.07, 6.45) is 1.64. The molecule has 0 unspecified atom stereocenters. The normalized spacial score (nSPS) is 11.1. The monoisotopic (exact) mass is 458 g/mol. The summed E-state index contributed by atoms with van der Waals surface area (Å²) in [7, 11) is -0.906. The molecule has 158 valence electrons. The van der Waals surface area contributed by atoms with Crippen molar-refractivity contribution in [2.24, 2.45) is 0 Å². The molecule has 0 saturated heterocycles. The van der Waals surface area contributed by atoms with E-state index in [1.807, 2.05) is 6.07 Å². The molecule has 0 radical (unpaired) electrons. The minimum atomic E-state index is -3.80. The number of methoxy groups -OCH3 is 2. The number of hydrogen-bond donors (Lipinski definition) is 1. The molecule has 7 nitrogen and oxygen atoms in total. The second-order valence-corrected chi connectivity index (χ2v) is 9.50. The molecule has 0 aliphatic rings. The molecule has 1 aromatic carbocycles. The van der Waals surface area contributed by atoms with Crippen LogP contribution in [0.1, 0.15) is 11.3 Å². The molecule has 0 spiro atoms. The number of nitrogens with zero attached hydrogens (tertiary/aromatic N) is 1. The fourth-order valence-electron chi connectivity index (χ4n) is 2.55. The van der Waals surface area contributed by atoms with Crippen molar-refractivity contribution in [3.63, 3.8) is 0 Å². The number of carbonyl (C=O) groups is 1. The van der Waals surface area contributed by atoms with E-state index in [0.717, 1.165) is 4.88 Å². The smallest absolute Gasteiger partial charge is 0.240 e. The van der Waals surface area contributed by atoms with E-state index in [1.54, 1.807) is 17.0 Å². The van der Waals surface area contributed by atoms with Crippen molar-refractivity contribution in [3.8, 4) is 11.5 Å². The molecule has 1 aromatic heterocycles. The average Bonchev–Trinajstić information content (AvgIpc) is 3.11. The first-order valence-corrected chi connectivity index (χ1v) is 11.3. The predicted octanol–water partition coefficient (Wildman–Crippen LogP) is 3.30. The van der Waals surface area contributed by atoms with Gasteiger partial charge in [0.05, 0.1) is 30.0 Å². The first-order valence-electron chi connectivity index (χ1n) is 8.65. The van der Waals surface area contributed by atoms with Crippen molar-refractivity contribution >= 4 is 38.9 Å². The fourth-order valence-corrected chi connectivity index (χ4v) is 4.70. The van der Waals surface area contributed by atoms with Gasteiger partial charge in [-0.05, 0) is 24.3 Å². The Hall–Kier alpha value is -2.07. The van der Waals surface area contributed by atoms with Crippen LogP contribution >= 0.6 is 22.9 Å². The molecule has 0 aliphatic carbocycles. The van der Waals surface area contributed by atoms with E-state index < -0.39 is 10.0 Å². The SMILES string of the molecule is C=CCN(Cc1ccc(Cl)s1)C(=O)CCNS(=O)(=O)c1ccc(OC)c(OC)c1. The second kappa shape index (κ2) is 10.6. The van der Waals surface area contributed by atoms with Crippen LogP contribution in [0, 0.1) is 0 Å². The number of ether oxygens (including phenoxy) is 2. The van der Waals surface area contributed by atoms with Gasteiger partial charge in [0.25, 0.3) is 0 Å². The Morgan fingerprint density at radius 1 is 1.24 bits per heavy atom. The van der Waals surface area contributed by atoms with Crippen molar-refractivity contribution in [2.75, 3.05) is 27.3 Å². The molecule has 10 heteroatoms. The lowest BCUT2D eigenvalue weighted by molar-refractivity contribution is -0.131. The summed E-state index contributed by atoms with van der Waals surface area (Å²) >= 11 is 7.33. The summed E-state index contributed by atoms with van der Waals surface area (Å²) in [6, 6.07) is 7.92. The summed E-state index contributed by atoms with van der Waals surface area (Å²) in [5, 5.41) is 0. The number of amides is 1. The van der Waals surface area contributed by atoms with Gasteiger partial charge in [0.1, 0.15) is 0 Å². The van der Waals surface area contributed by atoms with Crippen molar-refractivity contribution in [1.82, 2.24) is 9.62 Å². The molecule has 1 amide bonds. The summed E-state index contributed by atoms with van der Waals surface area (Å²) in [6.45, 7) is 4.39. The molecule has 2 aromatic rings. The Bertz CT molecular complexity index is 959. The molecule has 0 saturated carbocycles. The summed E-state index contributed by atoms with van der Waals surface area (Å²) in [5.41, 5.74) is 0. The third-order valence-electron chi connectivity index (χ3n) is 3.97. The van der Waals surface area contributed by atoms with Gasteiger partial charge in [-0.2, -0.15) is 0 Å². The van der Waals surface area contributed by atoms with Crippen molar-refractivity contribution in [2.45, 2.75) is 17.9 Å². The maximum absolute atomic E-state index is 12.5. The van der Waals surface area contributed by atoms with Crippen LogP contribution in [0.25, 0.3) is 0 Å². The maximum Gasteiger partial charge on any atom is 0.240 e. The first-order chi connectivity index (χ1) is 13.8. The number of rotatable bonds is 11. The van der Waals surface area contributed by atoms with Gasteiger partial charge in [0.15, 0.2) is 11.5 Å². The van der Waals surface area contributed by atoms with Crippen LogP contribution in [-0.4, -0.2) is 46.5 Å². The molecule has 0 bridgehead atoms. The molecule has 1 N–H and O–H groups in total. The van der Waals surface area contributed by atoms with Crippen molar-refractivity contribution < 1.29 is 22.7 Å². The van der Waals surface area contributed by atoms with Crippen LogP contribution < -0.4 is 14.2 Å². The Morgan fingerprint density at radius 2 is 1.97 bits per heavy atom. The lowest BCUT2D eigenvalue weighted by atomic mass is 10.3. The van der Waals surface area contributed by atoms with Gasteiger partial charge < -0.3 is 14.4 Å². The van der Waals surface area contributed by atoms with E-state index in [1.165, 1.54) is 43.8 Å². The standard InChI is InChI=1S/C19H23ClN2O5S2/c1-4-11-22(13-14-5-8-18(20)28-14)19(23)9-10-21-29(24,25)15-6-7-16(26-2)17(12-15)27-3/h4-8,12,21H,1,9-11,13H2,2-3H3. The van der Waals surface area contributed by atoms with Crippen LogP contribution in [0.5, 0.6) is 11.5 Å². The van der Waals surface area contributed by atoms with E-state index in [2.05, 4.69) is 11.3 Å². The number of thiophene rings is 1. The Balaban J connectivity index is 1.98. The van der Waals surface area contributed by atoms with Crippen molar-refractivity contribution in [1.29, 1.82) is 0 Å². The number of hydrogen-bond acceptors (Lipinski definition) is 6. The summed E-state index contributed by atoms with van der Waals surface area (Å²) < 4.78 is 38.4. The molecule has 29 heavy (non-hydrogen) atoms. The van der Waals surface area contributed by atoms with Gasteiger partial charge in [-0.1, -0.05) is 17.7 Å². The predicted molar refractivity (Wildman–Crippen MR) is 114 cm³/mol. The van der Waals surface area contributed by atoms with Gasteiger partial charge in [-0.15, -0.1) is 17.9 Å². The third-order valence-corrected chi connectivity index (χ3v) is 6.65. The number of halogens is 1. The van der Waals surface area contributed by atoms with Crippen molar-refractivity contribution in [3.05, 3.63) is 52.2 Å². The zero-order valence-corrected chi connectivity index (χ0v) is 18.6. The Morgan fingerprint density at radius 3 is 2.55 bits per heavy atom. The number of benzene rings is 1. The largest absolute Gasteiger partial charge is 0.493 e. The van der Waals surface area contributed by atoms with E-state index in [9.17, 15) is 13.2 Å². The molecular weight excluding hydrogens is 436 g/mol. The number of nitrogens with one attached hydrogen (secondary N) is 1. The average molecular weight is 459 g/mol. The van der Waals surface area contributed by atoms with Gasteiger partial charge in [0, 0.05) is 30.5 Å². The van der Waals surface area contributed by atoms with E-state index in [4.69, 9.17) is 21.1 Å². The lowest BCUT2D eigenvalue weighted by Crippen LogP contribution is -2.34. The zero-order chi connectivity index (χ0) is 21.4. The molecule has 0 aliphatic heterocycles. The molecule has 0 fully saturated rings. The highest BCUT2D eigenvalue weighted by Crippen LogP contribution is 2.29. The molecule has 0 atom stereocenters. The van der Waals surface area contributed by atoms with E-state index >= 15 is 0 Å². The highest BCUT2D eigenvalue weighted by molar-refractivity contribution is 7.89. The topological polar surface area (TPSA) is 84.9 Å². The zero-order valence-electron chi connectivity index (χ0n) is 16.2. The number of sulfonamides is 1. The number of carbonyl (C=O) groups excluding carboxylic acids is 1. The Kier molecular flexibility index (Phi) is 8.51. The molecule has 2 rings (SSSR count). The highest BCUT2D eigenvalue weighted by atomic mass is 35.5. The van der Waals surface area contributed by atoms with Crippen LogP contribution in [-0.2, 0) is 21.4 Å². The minimum absolute atomic E-state index is 0.0134. The van der Waals surface area contributed by atoms with E-state index in [0.29, 0.717) is 28.9 Å². The summed E-state index contributed by atoms with van der Waals surface area (Å²) in [5.74, 6) is 0.540. The minimum Gasteiger partial charge on any atom is -0.493 e. The highest BCUT2D eigenvalue weighted by Gasteiger charge is 2.19. The van der Waals surface area contributed by atoms with Gasteiger partial charge in [-0.3, -0.25) is 4.79 Å². The van der Waals surface area contributed by atoms with Gasteiger partial charge in [0.2, 0.25) is 15.9 Å². The first kappa shape index (κ1) is 23.2. The third kappa shape index (κ3) is 6.46. The van der Waals surface area contributed by atoms with E-state index in [-0.39, 0.29) is 23.8 Å². The van der Waals surface area contributed by atoms with Gasteiger partial charge >= 0.3 is 0 Å². The van der Waals surface area contributed by atoms with Crippen LogP contribution in [0.3, 0.4) is 0 Å². The van der Waals surface area contributed by atoms with Crippen LogP contribution in [0.2, 0.25) is 4.34 Å². The Labute approximate surface area is 179 Å². The molecule has 1 heterocycles. The van der Waals surface area contributed by atoms with Gasteiger partial charge in [-0.25, -0.2) is 13.1 Å². The second-order valence-electron chi connectivity index (χ2n) is 5.93. The van der Waals surface area contributed by atoms with Crippen LogP contribution in [0.15, 0.2) is 47.9 Å². The maximum atomic E-state index is 12.5. The summed E-state index contributed by atoms with van der Waals surface area (Å²) in [4.78, 5) is 15.1. The molecular formula is C19H23ClN2O5S2. The van der Waals surface area contributed by atoms with Crippen LogP contribution in [0.4, 0.5) is 0 Å². The fraction of sp³-hybridized carbons (Fsp3) is 0.316. The lowest BCUT2D eigenvalue weighted by Gasteiger charge is -2.20. The quantitative estimate of drug-likeness (QED) is 0.522.